The van der Waals surface area contributed by atoms with Crippen molar-refractivity contribution in [1.82, 2.24) is 0 Å². The fourth-order valence-electron chi connectivity index (χ4n) is 1.30. The second-order valence-electron chi connectivity index (χ2n) is 3.21. The molecule has 78 valence electrons. The van der Waals surface area contributed by atoms with Crippen LogP contribution in [0.5, 0.6) is 0 Å². The van der Waals surface area contributed by atoms with Crippen molar-refractivity contribution in [3.8, 4) is 0 Å². The van der Waals surface area contributed by atoms with E-state index in [4.69, 9.17) is 22.4 Å². The van der Waals surface area contributed by atoms with Crippen LogP contribution in [0.1, 0.15) is 23.6 Å². The highest BCUT2D eigenvalue weighted by Crippen LogP contribution is 2.29. The molecule has 0 heterocycles. The van der Waals surface area contributed by atoms with Gasteiger partial charge in [-0.15, -0.1) is 0 Å². The molecule has 0 saturated carbocycles. The predicted molar refractivity (Wildman–Crippen MR) is 54.8 cm³/mol. The first-order valence-electron chi connectivity index (χ1n) is 4.39. The van der Waals surface area contributed by atoms with Gasteiger partial charge in [-0.3, -0.25) is 0 Å². The summed E-state index contributed by atoms with van der Waals surface area (Å²) in [6.07, 6.45) is 0.306. The summed E-state index contributed by atoms with van der Waals surface area (Å²) in [5.74, 6) is -0.415. The summed E-state index contributed by atoms with van der Waals surface area (Å²) in [6.45, 7) is 1.71. The van der Waals surface area contributed by atoms with Crippen LogP contribution in [0.15, 0.2) is 12.1 Å². The number of halogens is 2. The smallest absolute Gasteiger partial charge is 0.129 e. The second kappa shape index (κ2) is 4.73. The molecule has 0 radical (unpaired) electrons. The maximum absolute atomic E-state index is 13.4. The van der Waals surface area contributed by atoms with Crippen LogP contribution in [0.25, 0.3) is 0 Å². The van der Waals surface area contributed by atoms with E-state index in [1.807, 2.05) is 0 Å². The fourth-order valence-corrected chi connectivity index (χ4v) is 1.60. The van der Waals surface area contributed by atoms with Gasteiger partial charge in [0.05, 0.1) is 5.02 Å². The maximum atomic E-state index is 13.4. The highest BCUT2D eigenvalue weighted by molar-refractivity contribution is 6.32. The quantitative estimate of drug-likeness (QED) is 0.815. The van der Waals surface area contributed by atoms with E-state index >= 15 is 0 Å². The second-order valence-corrected chi connectivity index (χ2v) is 3.59. The monoisotopic (exact) mass is 217 g/mol. The van der Waals surface area contributed by atoms with Crippen LogP contribution >= 0.6 is 11.6 Å². The Morgan fingerprint density at radius 3 is 2.79 bits per heavy atom. The van der Waals surface area contributed by atoms with Crippen molar-refractivity contribution < 1.29 is 9.50 Å². The van der Waals surface area contributed by atoms with E-state index in [2.05, 4.69) is 0 Å². The van der Waals surface area contributed by atoms with E-state index in [1.165, 1.54) is 6.07 Å². The minimum Gasteiger partial charge on any atom is -0.396 e. The molecule has 4 heteroatoms. The zero-order chi connectivity index (χ0) is 10.7. The van der Waals surface area contributed by atoms with Gasteiger partial charge in [0.2, 0.25) is 0 Å². The third-order valence-corrected chi connectivity index (χ3v) is 2.63. The highest BCUT2D eigenvalue weighted by atomic mass is 35.5. The number of aliphatic hydroxyl groups is 1. The van der Waals surface area contributed by atoms with Gasteiger partial charge in [0.25, 0.3) is 0 Å². The topological polar surface area (TPSA) is 46.2 Å². The maximum Gasteiger partial charge on any atom is 0.129 e. The number of nitrogens with two attached hydrogens (primary N) is 1. The summed E-state index contributed by atoms with van der Waals surface area (Å²) in [4.78, 5) is 0. The summed E-state index contributed by atoms with van der Waals surface area (Å²) in [5, 5.41) is 9.06. The van der Waals surface area contributed by atoms with Gasteiger partial charge in [-0.25, -0.2) is 4.39 Å². The molecule has 0 saturated heterocycles. The minimum absolute atomic E-state index is 0.0785. The van der Waals surface area contributed by atoms with E-state index in [0.29, 0.717) is 17.0 Å². The van der Waals surface area contributed by atoms with Gasteiger partial charge in [-0.05, 0) is 25.0 Å². The van der Waals surface area contributed by atoms with Crippen LogP contribution in [0, 0.1) is 12.7 Å². The fraction of sp³-hybridized carbons (Fsp3) is 0.400. The predicted octanol–water partition coefficient (Wildman–Crippen LogP) is 2.17. The van der Waals surface area contributed by atoms with Gasteiger partial charge in [0.1, 0.15) is 5.82 Å². The molecule has 1 aromatic rings. The van der Waals surface area contributed by atoms with Crippen LogP contribution in [-0.2, 0) is 0 Å². The highest BCUT2D eigenvalue weighted by Gasteiger charge is 2.16. The molecular formula is C10H13ClFNO. The Morgan fingerprint density at radius 2 is 2.21 bits per heavy atom. The van der Waals surface area contributed by atoms with Gasteiger partial charge in [0.15, 0.2) is 0 Å². The third kappa shape index (κ3) is 2.23. The number of rotatable bonds is 3. The molecule has 0 amide bonds. The Labute approximate surface area is 87.5 Å². The molecule has 1 rings (SSSR count). The number of hydrogen-bond donors (Lipinski definition) is 2. The average molecular weight is 218 g/mol. The van der Waals surface area contributed by atoms with Gasteiger partial charge < -0.3 is 10.8 Å². The summed E-state index contributed by atoms with van der Waals surface area (Å²) in [6, 6.07) is 2.40. The summed E-state index contributed by atoms with van der Waals surface area (Å²) in [7, 11) is 0. The zero-order valence-electron chi connectivity index (χ0n) is 7.93. The largest absolute Gasteiger partial charge is 0.396 e. The standard InChI is InChI=1S/C10H13ClFNO/c1-6-2-3-7(12)9(10(6)11)8(13)4-5-14/h2-3,8,14H,4-5,13H2,1H3/t8-/m1/s1. The molecule has 0 bridgehead atoms. The Hall–Kier alpha value is -0.640. The molecule has 0 fully saturated rings. The minimum atomic E-state index is -0.549. The first-order valence-corrected chi connectivity index (χ1v) is 4.76. The van der Waals surface area contributed by atoms with E-state index in [9.17, 15) is 4.39 Å². The first kappa shape index (κ1) is 11.4. The first-order chi connectivity index (χ1) is 6.57. The summed E-state index contributed by atoms with van der Waals surface area (Å²) >= 11 is 5.93. The van der Waals surface area contributed by atoms with Gasteiger partial charge in [-0.1, -0.05) is 17.7 Å². The van der Waals surface area contributed by atoms with Crippen molar-refractivity contribution in [3.63, 3.8) is 0 Å². The number of benzene rings is 1. The van der Waals surface area contributed by atoms with E-state index < -0.39 is 11.9 Å². The Bertz CT molecular complexity index is 330. The van der Waals surface area contributed by atoms with Crippen LogP contribution < -0.4 is 5.73 Å². The SMILES string of the molecule is Cc1ccc(F)c([C@H](N)CCO)c1Cl. The van der Waals surface area contributed by atoms with Crippen molar-refractivity contribution in [2.24, 2.45) is 5.73 Å². The van der Waals surface area contributed by atoms with Crippen molar-refractivity contribution in [2.45, 2.75) is 19.4 Å². The number of aryl methyl sites for hydroxylation is 1. The Balaban J connectivity index is 3.11. The summed E-state index contributed by atoms with van der Waals surface area (Å²) < 4.78 is 13.4. The van der Waals surface area contributed by atoms with Crippen molar-refractivity contribution in [2.75, 3.05) is 6.61 Å². The van der Waals surface area contributed by atoms with Gasteiger partial charge in [-0.2, -0.15) is 0 Å². The van der Waals surface area contributed by atoms with E-state index in [0.717, 1.165) is 5.56 Å². The van der Waals surface area contributed by atoms with Gasteiger partial charge in [0, 0.05) is 18.2 Å². The number of hydrogen-bond acceptors (Lipinski definition) is 2. The lowest BCUT2D eigenvalue weighted by molar-refractivity contribution is 0.275. The van der Waals surface area contributed by atoms with Crippen LogP contribution in [-0.4, -0.2) is 11.7 Å². The van der Waals surface area contributed by atoms with Crippen molar-refractivity contribution in [3.05, 3.63) is 34.1 Å². The molecule has 0 spiro atoms. The van der Waals surface area contributed by atoms with E-state index in [-0.39, 0.29) is 6.61 Å². The molecular weight excluding hydrogens is 205 g/mol. The molecule has 0 unspecified atom stereocenters. The lowest BCUT2D eigenvalue weighted by Gasteiger charge is -2.14. The Kier molecular flexibility index (Phi) is 3.86. The Morgan fingerprint density at radius 1 is 1.57 bits per heavy atom. The summed E-state index contributed by atoms with van der Waals surface area (Å²) in [5.41, 5.74) is 6.77. The molecule has 0 aliphatic rings. The lowest BCUT2D eigenvalue weighted by atomic mass is 10.0. The molecule has 3 N–H and O–H groups in total. The lowest BCUT2D eigenvalue weighted by Crippen LogP contribution is -2.14. The van der Waals surface area contributed by atoms with Crippen LogP contribution in [0.2, 0.25) is 5.02 Å². The molecule has 1 atom stereocenters. The molecule has 0 aromatic heterocycles. The van der Waals surface area contributed by atoms with Crippen molar-refractivity contribution >= 4 is 11.6 Å². The molecule has 2 nitrogen and oxygen atoms in total. The van der Waals surface area contributed by atoms with Gasteiger partial charge >= 0.3 is 0 Å². The molecule has 1 aromatic carbocycles. The van der Waals surface area contributed by atoms with E-state index in [1.54, 1.807) is 13.0 Å². The molecule has 0 aliphatic carbocycles. The van der Waals surface area contributed by atoms with Crippen LogP contribution in [0.3, 0.4) is 0 Å². The normalized spacial score (nSPS) is 12.9. The number of aliphatic hydroxyl groups excluding tert-OH is 1. The van der Waals surface area contributed by atoms with Crippen molar-refractivity contribution in [1.29, 1.82) is 0 Å². The van der Waals surface area contributed by atoms with Crippen LogP contribution in [0.4, 0.5) is 4.39 Å². The molecule has 0 aliphatic heterocycles. The zero-order valence-corrected chi connectivity index (χ0v) is 8.68. The molecule has 14 heavy (non-hydrogen) atoms. The average Bonchev–Trinajstić information content (AvgIpc) is 2.13. The third-order valence-electron chi connectivity index (χ3n) is 2.13.